The normalized spacial score (nSPS) is 15.5. The van der Waals surface area contributed by atoms with Crippen molar-refractivity contribution in [2.45, 2.75) is 25.7 Å². The van der Waals surface area contributed by atoms with Crippen LogP contribution in [-0.4, -0.2) is 0 Å². The summed E-state index contributed by atoms with van der Waals surface area (Å²) in [5.74, 6) is 0. The van der Waals surface area contributed by atoms with Gasteiger partial charge in [0, 0.05) is 4.88 Å². The lowest BCUT2D eigenvalue weighted by Crippen LogP contribution is -1.96. The minimum absolute atomic E-state index is 0.886. The first kappa shape index (κ1) is 6.87. The highest BCUT2D eigenvalue weighted by atomic mass is 32.1. The van der Waals surface area contributed by atoms with Crippen LogP contribution in [0.3, 0.4) is 0 Å². The first-order valence-electron chi connectivity index (χ1n) is 3.92. The van der Waals surface area contributed by atoms with Crippen molar-refractivity contribution in [1.29, 1.82) is 5.26 Å². The molecule has 0 N–H and O–H groups in total. The Morgan fingerprint density at radius 1 is 1.36 bits per heavy atom. The van der Waals surface area contributed by atoms with E-state index in [2.05, 4.69) is 12.1 Å². The smallest absolute Gasteiger partial charge is 0.110 e. The Morgan fingerprint density at radius 2 is 2.18 bits per heavy atom. The summed E-state index contributed by atoms with van der Waals surface area (Å²) in [7, 11) is 0. The van der Waals surface area contributed by atoms with Crippen LogP contribution >= 0.6 is 11.3 Å². The Bertz CT molecular complexity index is 282. The predicted molar refractivity (Wildman–Crippen MR) is 45.7 cm³/mol. The molecule has 0 saturated heterocycles. The highest BCUT2D eigenvalue weighted by Crippen LogP contribution is 2.28. The van der Waals surface area contributed by atoms with Crippen LogP contribution in [0.25, 0.3) is 0 Å². The van der Waals surface area contributed by atoms with Gasteiger partial charge in [0.2, 0.25) is 0 Å². The fourth-order valence-corrected chi connectivity index (χ4v) is 2.60. The van der Waals surface area contributed by atoms with E-state index in [4.69, 9.17) is 5.26 Å². The van der Waals surface area contributed by atoms with Crippen LogP contribution < -0.4 is 0 Å². The molecule has 1 aliphatic carbocycles. The van der Waals surface area contributed by atoms with E-state index in [0.717, 1.165) is 4.88 Å². The summed E-state index contributed by atoms with van der Waals surface area (Å²) in [5.41, 5.74) is 1.43. The highest BCUT2D eigenvalue weighted by molar-refractivity contribution is 7.12. The summed E-state index contributed by atoms with van der Waals surface area (Å²) in [6.45, 7) is 0. The Kier molecular flexibility index (Phi) is 1.67. The Balaban J connectivity index is 2.42. The molecule has 0 amide bonds. The van der Waals surface area contributed by atoms with Gasteiger partial charge in [0.1, 0.15) is 10.9 Å². The molecule has 0 unspecified atom stereocenters. The molecule has 2 heteroatoms. The molecule has 1 aliphatic rings. The summed E-state index contributed by atoms with van der Waals surface area (Å²) in [4.78, 5) is 2.34. The highest BCUT2D eigenvalue weighted by Gasteiger charge is 2.12. The Morgan fingerprint density at radius 3 is 2.91 bits per heavy atom. The molecule has 0 bridgehead atoms. The van der Waals surface area contributed by atoms with Gasteiger partial charge in [-0.2, -0.15) is 5.26 Å². The monoisotopic (exact) mass is 163 g/mol. The number of nitriles is 1. The fraction of sp³-hybridized carbons (Fsp3) is 0.444. The van der Waals surface area contributed by atoms with Gasteiger partial charge in [-0.3, -0.25) is 0 Å². The molecule has 0 saturated carbocycles. The minimum atomic E-state index is 0.886. The molecule has 56 valence electrons. The summed E-state index contributed by atoms with van der Waals surface area (Å²) >= 11 is 1.67. The van der Waals surface area contributed by atoms with Crippen molar-refractivity contribution in [1.82, 2.24) is 0 Å². The zero-order valence-corrected chi connectivity index (χ0v) is 7.08. The molecule has 0 aliphatic heterocycles. The molecule has 0 fully saturated rings. The molecule has 1 heterocycles. The second-order valence-electron chi connectivity index (χ2n) is 2.88. The fourth-order valence-electron chi connectivity index (χ4n) is 1.55. The van der Waals surface area contributed by atoms with E-state index in [1.807, 2.05) is 0 Å². The van der Waals surface area contributed by atoms with E-state index in [-0.39, 0.29) is 0 Å². The molecule has 11 heavy (non-hydrogen) atoms. The minimum Gasteiger partial charge on any atom is -0.192 e. The predicted octanol–water partition coefficient (Wildman–Crippen LogP) is 2.50. The number of hydrogen-bond donors (Lipinski definition) is 0. The number of fused-ring (bicyclic) bond motifs is 1. The summed E-state index contributed by atoms with van der Waals surface area (Å²) in [5, 5.41) is 8.65. The number of rotatable bonds is 0. The Hall–Kier alpha value is -0.810. The standard InChI is InChI=1S/C9H9NS/c10-6-8-5-7-3-1-2-4-9(7)11-8/h5H,1-4H2. The molecule has 1 aromatic rings. The number of hydrogen-bond acceptors (Lipinski definition) is 2. The van der Waals surface area contributed by atoms with Crippen molar-refractivity contribution < 1.29 is 0 Å². The van der Waals surface area contributed by atoms with Crippen LogP contribution in [0.4, 0.5) is 0 Å². The van der Waals surface area contributed by atoms with Crippen LogP contribution in [0.2, 0.25) is 0 Å². The van der Waals surface area contributed by atoms with Crippen LogP contribution in [0, 0.1) is 11.3 Å². The van der Waals surface area contributed by atoms with Gasteiger partial charge in [-0.15, -0.1) is 11.3 Å². The molecule has 2 rings (SSSR count). The van der Waals surface area contributed by atoms with Gasteiger partial charge in [0.05, 0.1) is 0 Å². The van der Waals surface area contributed by atoms with E-state index in [1.165, 1.54) is 36.1 Å². The van der Waals surface area contributed by atoms with Gasteiger partial charge in [-0.25, -0.2) is 0 Å². The summed E-state index contributed by atoms with van der Waals surface area (Å²) in [6.07, 6.45) is 4.99. The average molecular weight is 163 g/mol. The molecular formula is C9H9NS. The summed E-state index contributed by atoms with van der Waals surface area (Å²) in [6, 6.07) is 4.26. The molecule has 1 nitrogen and oxygen atoms in total. The lowest BCUT2D eigenvalue weighted by atomic mass is 9.99. The van der Waals surface area contributed by atoms with E-state index >= 15 is 0 Å². The topological polar surface area (TPSA) is 23.8 Å². The SMILES string of the molecule is N#Cc1cc2c(s1)CCCC2. The molecule has 0 atom stereocenters. The lowest BCUT2D eigenvalue weighted by molar-refractivity contribution is 0.697. The Labute approximate surface area is 70.3 Å². The quantitative estimate of drug-likeness (QED) is 0.576. The maximum absolute atomic E-state index is 8.65. The largest absolute Gasteiger partial charge is 0.192 e. The average Bonchev–Trinajstić information content (AvgIpc) is 2.46. The maximum Gasteiger partial charge on any atom is 0.110 e. The zero-order chi connectivity index (χ0) is 7.68. The second-order valence-corrected chi connectivity index (χ2v) is 4.01. The van der Waals surface area contributed by atoms with Crippen molar-refractivity contribution >= 4 is 11.3 Å². The molecule has 0 radical (unpaired) electrons. The van der Waals surface area contributed by atoms with Crippen LogP contribution in [0.5, 0.6) is 0 Å². The van der Waals surface area contributed by atoms with E-state index in [9.17, 15) is 0 Å². The van der Waals surface area contributed by atoms with Crippen molar-refractivity contribution in [3.05, 3.63) is 21.4 Å². The third kappa shape index (κ3) is 1.17. The third-order valence-corrected chi connectivity index (χ3v) is 3.25. The van der Waals surface area contributed by atoms with Gasteiger partial charge in [0.15, 0.2) is 0 Å². The van der Waals surface area contributed by atoms with Gasteiger partial charge in [0.25, 0.3) is 0 Å². The molecule has 0 spiro atoms. The van der Waals surface area contributed by atoms with Gasteiger partial charge in [-0.05, 0) is 37.3 Å². The molecule has 1 aromatic heterocycles. The molecule has 0 aromatic carbocycles. The van der Waals surface area contributed by atoms with Gasteiger partial charge < -0.3 is 0 Å². The van der Waals surface area contributed by atoms with Crippen molar-refractivity contribution in [3.8, 4) is 6.07 Å². The first-order chi connectivity index (χ1) is 5.40. The van der Waals surface area contributed by atoms with E-state index < -0.39 is 0 Å². The van der Waals surface area contributed by atoms with Gasteiger partial charge in [-0.1, -0.05) is 0 Å². The van der Waals surface area contributed by atoms with Gasteiger partial charge >= 0.3 is 0 Å². The van der Waals surface area contributed by atoms with Crippen LogP contribution in [0.1, 0.15) is 28.2 Å². The maximum atomic E-state index is 8.65. The van der Waals surface area contributed by atoms with Crippen LogP contribution in [-0.2, 0) is 12.8 Å². The van der Waals surface area contributed by atoms with Crippen molar-refractivity contribution in [2.24, 2.45) is 0 Å². The number of aryl methyl sites for hydroxylation is 2. The van der Waals surface area contributed by atoms with E-state index in [0.29, 0.717) is 0 Å². The summed E-state index contributed by atoms with van der Waals surface area (Å²) < 4.78 is 0. The van der Waals surface area contributed by atoms with Crippen LogP contribution in [0.15, 0.2) is 6.07 Å². The zero-order valence-electron chi connectivity index (χ0n) is 6.26. The first-order valence-corrected chi connectivity index (χ1v) is 4.73. The number of thiophene rings is 1. The lowest BCUT2D eigenvalue weighted by Gasteiger charge is -2.08. The second kappa shape index (κ2) is 2.67. The van der Waals surface area contributed by atoms with Crippen molar-refractivity contribution in [3.63, 3.8) is 0 Å². The molecular weight excluding hydrogens is 154 g/mol. The van der Waals surface area contributed by atoms with E-state index in [1.54, 1.807) is 11.3 Å². The number of nitrogens with zero attached hydrogens (tertiary/aromatic N) is 1. The third-order valence-electron chi connectivity index (χ3n) is 2.11. The van der Waals surface area contributed by atoms with Crippen molar-refractivity contribution in [2.75, 3.05) is 0 Å².